The standard InChI is InChI=1S/C15H23Br/c1-5-14(15(3,4)6-2)13-9-7-12(11-16)8-10-13/h7-10,14H,5-6,11H2,1-4H3. The van der Waals surface area contributed by atoms with Crippen molar-refractivity contribution in [2.45, 2.75) is 51.8 Å². The zero-order valence-corrected chi connectivity index (χ0v) is 12.5. The molecule has 16 heavy (non-hydrogen) atoms. The summed E-state index contributed by atoms with van der Waals surface area (Å²) < 4.78 is 0. The molecule has 0 amide bonds. The highest BCUT2D eigenvalue weighted by Gasteiger charge is 2.27. The van der Waals surface area contributed by atoms with Crippen LogP contribution in [0.1, 0.15) is 57.6 Å². The van der Waals surface area contributed by atoms with Crippen LogP contribution in [0.5, 0.6) is 0 Å². The molecule has 1 rings (SSSR count). The maximum atomic E-state index is 3.49. The van der Waals surface area contributed by atoms with E-state index in [2.05, 4.69) is 67.9 Å². The van der Waals surface area contributed by atoms with Gasteiger partial charge in [0.1, 0.15) is 0 Å². The molecule has 1 unspecified atom stereocenters. The second-order valence-corrected chi connectivity index (χ2v) is 5.74. The minimum atomic E-state index is 0.394. The number of rotatable bonds is 5. The van der Waals surface area contributed by atoms with Crippen molar-refractivity contribution in [3.8, 4) is 0 Å². The highest BCUT2D eigenvalue weighted by Crippen LogP contribution is 2.40. The Balaban J connectivity index is 2.95. The van der Waals surface area contributed by atoms with E-state index in [1.165, 1.54) is 24.0 Å². The Morgan fingerprint density at radius 2 is 1.69 bits per heavy atom. The summed E-state index contributed by atoms with van der Waals surface area (Å²) >= 11 is 3.49. The third-order valence-electron chi connectivity index (χ3n) is 3.80. The molecule has 90 valence electrons. The molecule has 1 aromatic rings. The lowest BCUT2D eigenvalue weighted by molar-refractivity contribution is 0.267. The molecule has 0 aliphatic heterocycles. The van der Waals surface area contributed by atoms with Crippen molar-refractivity contribution in [3.63, 3.8) is 0 Å². The zero-order chi connectivity index (χ0) is 12.2. The number of hydrogen-bond acceptors (Lipinski definition) is 0. The maximum Gasteiger partial charge on any atom is 0.0283 e. The molecule has 0 nitrogen and oxygen atoms in total. The molecule has 0 radical (unpaired) electrons. The minimum Gasteiger partial charge on any atom is -0.0876 e. The van der Waals surface area contributed by atoms with Gasteiger partial charge in [-0.1, -0.05) is 74.3 Å². The smallest absolute Gasteiger partial charge is 0.0283 e. The first kappa shape index (κ1) is 13.8. The van der Waals surface area contributed by atoms with Crippen LogP contribution in [0.25, 0.3) is 0 Å². The van der Waals surface area contributed by atoms with Crippen LogP contribution in [-0.4, -0.2) is 0 Å². The maximum absolute atomic E-state index is 3.49. The van der Waals surface area contributed by atoms with Crippen LogP contribution >= 0.6 is 15.9 Å². The van der Waals surface area contributed by atoms with Crippen LogP contribution in [0.15, 0.2) is 24.3 Å². The second kappa shape index (κ2) is 5.86. The van der Waals surface area contributed by atoms with E-state index in [0.717, 1.165) is 5.33 Å². The monoisotopic (exact) mass is 282 g/mol. The number of hydrogen-bond donors (Lipinski definition) is 0. The predicted molar refractivity (Wildman–Crippen MR) is 76.2 cm³/mol. The number of halogens is 1. The topological polar surface area (TPSA) is 0 Å². The SMILES string of the molecule is CCC(c1ccc(CBr)cc1)C(C)(C)CC. The van der Waals surface area contributed by atoms with Gasteiger partial charge in [0.25, 0.3) is 0 Å². The number of benzene rings is 1. The highest BCUT2D eigenvalue weighted by molar-refractivity contribution is 9.08. The summed E-state index contributed by atoms with van der Waals surface area (Å²) in [5, 5.41) is 0.946. The van der Waals surface area contributed by atoms with Gasteiger partial charge in [0.2, 0.25) is 0 Å². The Morgan fingerprint density at radius 3 is 2.06 bits per heavy atom. The lowest BCUT2D eigenvalue weighted by Gasteiger charge is -2.33. The molecule has 0 aliphatic carbocycles. The van der Waals surface area contributed by atoms with Gasteiger partial charge in [-0.05, 0) is 28.9 Å². The summed E-state index contributed by atoms with van der Waals surface area (Å²) in [5.74, 6) is 0.668. The second-order valence-electron chi connectivity index (χ2n) is 5.18. The lowest BCUT2D eigenvalue weighted by Crippen LogP contribution is -2.20. The van der Waals surface area contributed by atoms with E-state index < -0.39 is 0 Å². The molecule has 0 aromatic heterocycles. The molecule has 1 heteroatoms. The number of alkyl halides is 1. The van der Waals surface area contributed by atoms with Crippen LogP contribution in [-0.2, 0) is 5.33 Å². The summed E-state index contributed by atoms with van der Waals surface area (Å²) in [4.78, 5) is 0. The van der Waals surface area contributed by atoms with Gasteiger partial charge < -0.3 is 0 Å². The Kier molecular flexibility index (Phi) is 5.04. The van der Waals surface area contributed by atoms with Crippen LogP contribution < -0.4 is 0 Å². The fourth-order valence-electron chi connectivity index (χ4n) is 2.32. The molecule has 0 N–H and O–H groups in total. The van der Waals surface area contributed by atoms with Crippen LogP contribution in [0, 0.1) is 5.41 Å². The summed E-state index contributed by atoms with van der Waals surface area (Å²) in [5.41, 5.74) is 3.23. The van der Waals surface area contributed by atoms with Crippen LogP contribution in [0.3, 0.4) is 0 Å². The predicted octanol–water partition coefficient (Wildman–Crippen LogP) is 5.51. The first-order valence-electron chi connectivity index (χ1n) is 6.20. The van der Waals surface area contributed by atoms with Crippen molar-refractivity contribution in [1.82, 2.24) is 0 Å². The van der Waals surface area contributed by atoms with Gasteiger partial charge in [-0.2, -0.15) is 0 Å². The van der Waals surface area contributed by atoms with Crippen molar-refractivity contribution < 1.29 is 0 Å². The third-order valence-corrected chi connectivity index (χ3v) is 4.45. The van der Waals surface area contributed by atoms with Gasteiger partial charge in [0.05, 0.1) is 0 Å². The van der Waals surface area contributed by atoms with E-state index in [-0.39, 0.29) is 0 Å². The van der Waals surface area contributed by atoms with E-state index in [9.17, 15) is 0 Å². The van der Waals surface area contributed by atoms with Gasteiger partial charge in [-0.25, -0.2) is 0 Å². The molecule has 0 spiro atoms. The summed E-state index contributed by atoms with van der Waals surface area (Å²) in [6, 6.07) is 9.06. The van der Waals surface area contributed by atoms with Gasteiger partial charge in [-0.15, -0.1) is 0 Å². The van der Waals surface area contributed by atoms with Gasteiger partial charge in [0, 0.05) is 5.33 Å². The zero-order valence-electron chi connectivity index (χ0n) is 10.9. The van der Waals surface area contributed by atoms with Crippen molar-refractivity contribution in [2.75, 3.05) is 0 Å². The van der Waals surface area contributed by atoms with Crippen LogP contribution in [0.4, 0.5) is 0 Å². The molecule has 1 aromatic carbocycles. The van der Waals surface area contributed by atoms with E-state index in [0.29, 0.717) is 11.3 Å². The minimum absolute atomic E-state index is 0.394. The normalized spacial score (nSPS) is 13.8. The molecular formula is C15H23Br. The Hall–Kier alpha value is -0.300. The summed E-state index contributed by atoms with van der Waals surface area (Å²) in [7, 11) is 0. The van der Waals surface area contributed by atoms with Crippen molar-refractivity contribution in [1.29, 1.82) is 0 Å². The molecule has 0 fully saturated rings. The lowest BCUT2D eigenvalue weighted by atomic mass is 9.72. The largest absolute Gasteiger partial charge is 0.0876 e. The first-order valence-corrected chi connectivity index (χ1v) is 7.32. The molecule has 0 aliphatic rings. The van der Waals surface area contributed by atoms with Gasteiger partial charge >= 0.3 is 0 Å². The van der Waals surface area contributed by atoms with E-state index in [1.807, 2.05) is 0 Å². The van der Waals surface area contributed by atoms with Gasteiger partial charge in [-0.3, -0.25) is 0 Å². The van der Waals surface area contributed by atoms with E-state index in [1.54, 1.807) is 0 Å². The quantitative estimate of drug-likeness (QED) is 0.625. The average molecular weight is 283 g/mol. The Bertz CT molecular complexity index is 311. The van der Waals surface area contributed by atoms with Crippen molar-refractivity contribution in [3.05, 3.63) is 35.4 Å². The van der Waals surface area contributed by atoms with E-state index in [4.69, 9.17) is 0 Å². The first-order chi connectivity index (χ1) is 7.55. The molecule has 1 atom stereocenters. The Morgan fingerprint density at radius 1 is 1.12 bits per heavy atom. The molecule has 0 heterocycles. The van der Waals surface area contributed by atoms with E-state index >= 15 is 0 Å². The highest BCUT2D eigenvalue weighted by atomic mass is 79.9. The molecule has 0 saturated carbocycles. The van der Waals surface area contributed by atoms with Gasteiger partial charge in [0.15, 0.2) is 0 Å². The molecule has 0 bridgehead atoms. The Labute approximate surface area is 109 Å². The van der Waals surface area contributed by atoms with Crippen molar-refractivity contribution >= 4 is 15.9 Å². The van der Waals surface area contributed by atoms with Crippen LogP contribution in [0.2, 0.25) is 0 Å². The molecular weight excluding hydrogens is 260 g/mol. The third kappa shape index (κ3) is 3.10. The summed E-state index contributed by atoms with van der Waals surface area (Å²) in [6.07, 6.45) is 2.44. The fourth-order valence-corrected chi connectivity index (χ4v) is 2.70. The average Bonchev–Trinajstić information content (AvgIpc) is 2.30. The molecule has 0 saturated heterocycles. The summed E-state index contributed by atoms with van der Waals surface area (Å²) in [6.45, 7) is 9.33. The fraction of sp³-hybridized carbons (Fsp3) is 0.600. The van der Waals surface area contributed by atoms with Crippen molar-refractivity contribution in [2.24, 2.45) is 5.41 Å².